The first-order valence-corrected chi connectivity index (χ1v) is 27.4. The number of hydrogen-bond donors (Lipinski definition) is 11. The summed E-state index contributed by atoms with van der Waals surface area (Å²) in [5, 5.41) is 23.1. The van der Waals surface area contributed by atoms with E-state index in [0.717, 1.165) is 16.5 Å². The summed E-state index contributed by atoms with van der Waals surface area (Å²) in [7, 11) is -1.21. The molecular formula is C54H88B2N12O11. The molecule has 5 atom stereocenters. The Kier molecular flexibility index (Phi) is 24.2. The number of carbonyl (C=O) groups excluding carboxylic acids is 5. The number of hydrogen-bond acceptors (Lipinski definition) is 13. The smallest absolute Gasteiger partial charge is 0.481 e. The Bertz CT molecular complexity index is 2400. The maximum Gasteiger partial charge on any atom is 0.494 e. The predicted octanol–water partition coefficient (Wildman–Crippen LogP) is 0.251. The van der Waals surface area contributed by atoms with Crippen LogP contribution in [0.4, 0.5) is 0 Å². The van der Waals surface area contributed by atoms with E-state index < -0.39 is 102 Å². The third-order valence-corrected chi connectivity index (χ3v) is 14.7. The van der Waals surface area contributed by atoms with Crippen LogP contribution in [0.3, 0.4) is 0 Å². The number of carbonyl (C=O) groups is 6. The molecule has 4 rings (SSSR count). The van der Waals surface area contributed by atoms with Gasteiger partial charge in [0.15, 0.2) is 11.9 Å². The van der Waals surface area contributed by atoms with Crippen molar-refractivity contribution in [3.63, 3.8) is 0 Å². The topological polar surface area (TPSA) is 375 Å². The lowest BCUT2D eigenvalue weighted by atomic mass is 9.78. The number of carboxylic acids is 1. The van der Waals surface area contributed by atoms with Gasteiger partial charge in [-0.3, -0.25) is 38.8 Å². The zero-order valence-electron chi connectivity index (χ0n) is 47.9. The second-order valence-electron chi connectivity index (χ2n) is 22.9. The summed E-state index contributed by atoms with van der Waals surface area (Å²) in [5.74, 6) is -4.54. The van der Waals surface area contributed by atoms with Crippen molar-refractivity contribution in [3.05, 3.63) is 59.7 Å². The molecule has 2 saturated heterocycles. The van der Waals surface area contributed by atoms with E-state index in [4.69, 9.17) is 52.4 Å². The molecule has 16 N–H and O–H groups in total. The molecule has 0 saturated carbocycles. The lowest BCUT2D eigenvalue weighted by Crippen LogP contribution is -2.59. The Morgan fingerprint density at radius 3 is 1.35 bits per heavy atom. The number of nitrogens with zero attached hydrogens (tertiary/aromatic N) is 2. The molecule has 0 bridgehead atoms. The van der Waals surface area contributed by atoms with Crippen LogP contribution in [0.15, 0.2) is 58.5 Å². The first-order chi connectivity index (χ1) is 36.9. The van der Waals surface area contributed by atoms with Crippen LogP contribution in [0.2, 0.25) is 0 Å². The number of rotatable bonds is 31. The first kappa shape index (κ1) is 65.2. The minimum Gasteiger partial charge on any atom is -0.481 e. The van der Waals surface area contributed by atoms with E-state index in [0.29, 0.717) is 31.2 Å². The van der Waals surface area contributed by atoms with Gasteiger partial charge in [-0.25, -0.2) is 0 Å². The average molecular weight is 1100 g/mol. The highest BCUT2D eigenvalue weighted by atomic mass is 16.7. The van der Waals surface area contributed by atoms with Gasteiger partial charge in [0, 0.05) is 32.5 Å². The van der Waals surface area contributed by atoms with Crippen molar-refractivity contribution in [2.24, 2.45) is 44.6 Å². The van der Waals surface area contributed by atoms with Crippen LogP contribution in [0.5, 0.6) is 0 Å². The molecule has 436 valence electrons. The molecule has 2 aliphatic rings. The minimum atomic E-state index is -1.24. The molecule has 0 unspecified atom stereocenters. The number of aliphatic imine (C=N–C) groups is 2. The van der Waals surface area contributed by atoms with Gasteiger partial charge in [0.25, 0.3) is 0 Å². The molecule has 2 aromatic rings. The maximum absolute atomic E-state index is 14.7. The predicted molar refractivity (Wildman–Crippen MR) is 306 cm³/mol. The van der Waals surface area contributed by atoms with Gasteiger partial charge in [0.05, 0.1) is 28.4 Å². The number of nitrogens with one attached hydrogen (secondary N) is 5. The summed E-state index contributed by atoms with van der Waals surface area (Å²) in [4.78, 5) is 90.0. The number of amides is 5. The van der Waals surface area contributed by atoms with Gasteiger partial charge in [0.2, 0.25) is 29.5 Å². The normalized spacial score (nSPS) is 17.8. The summed E-state index contributed by atoms with van der Waals surface area (Å²) >= 11 is 0. The fourth-order valence-corrected chi connectivity index (χ4v) is 8.63. The van der Waals surface area contributed by atoms with Gasteiger partial charge in [0.1, 0.15) is 24.2 Å². The Hall–Kier alpha value is -6.27. The highest BCUT2D eigenvalue weighted by Gasteiger charge is 2.53. The van der Waals surface area contributed by atoms with Crippen molar-refractivity contribution >= 4 is 72.6 Å². The molecule has 2 fully saturated rings. The molecule has 25 heteroatoms. The van der Waals surface area contributed by atoms with Gasteiger partial charge < -0.3 is 79.0 Å². The zero-order valence-corrected chi connectivity index (χ0v) is 47.9. The van der Waals surface area contributed by atoms with Crippen LogP contribution in [0.25, 0.3) is 0 Å². The average Bonchev–Trinajstić information content (AvgIpc) is 3.87. The summed E-state index contributed by atoms with van der Waals surface area (Å²) in [5.41, 5.74) is 29.5. The van der Waals surface area contributed by atoms with Crippen molar-refractivity contribution in [3.8, 4) is 0 Å². The van der Waals surface area contributed by atoms with Gasteiger partial charge in [-0.15, -0.1) is 0 Å². The summed E-state index contributed by atoms with van der Waals surface area (Å²) in [6.45, 7) is 20.0. The maximum atomic E-state index is 14.7. The molecule has 2 aliphatic heterocycles. The van der Waals surface area contributed by atoms with E-state index in [9.17, 15) is 28.8 Å². The van der Waals surface area contributed by atoms with Crippen LogP contribution in [-0.4, -0.2) is 139 Å². The van der Waals surface area contributed by atoms with E-state index in [1.165, 1.54) is 0 Å². The van der Waals surface area contributed by atoms with Crippen LogP contribution < -0.4 is 66.2 Å². The van der Waals surface area contributed by atoms with Crippen molar-refractivity contribution in [1.29, 1.82) is 0 Å². The molecule has 2 heterocycles. The fraction of sp³-hybridized carbons (Fsp3) is 0.630. The van der Waals surface area contributed by atoms with Gasteiger partial charge >= 0.3 is 20.2 Å². The Morgan fingerprint density at radius 2 is 0.924 bits per heavy atom. The summed E-state index contributed by atoms with van der Waals surface area (Å²) in [6, 6.07) is 8.90. The van der Waals surface area contributed by atoms with Gasteiger partial charge in [-0.1, -0.05) is 68.8 Å². The molecule has 5 amide bonds. The fourth-order valence-electron chi connectivity index (χ4n) is 8.63. The van der Waals surface area contributed by atoms with Crippen molar-refractivity contribution in [2.45, 2.75) is 192 Å². The SMILES string of the molecule is CC(C)C[C@H](NC(=O)[C@H](Cc1ccc(B2OC(C)(C)C(C)(C)O2)cc1)NC(=O)[C@@H](N)Cc1ccc(B2OC(C)(C)C(C)(C)O2)cc1)C(=O)N[C@@H](CCCN=C(N)N)C(=O)N[C@@H](CCCN=C(N)N)C(=O)NCCCCCC(=O)O. The largest absolute Gasteiger partial charge is 0.494 e. The molecule has 2 aromatic carbocycles. The van der Waals surface area contributed by atoms with Gasteiger partial charge in [-0.2, -0.15) is 0 Å². The monoisotopic (exact) mass is 1100 g/mol. The second-order valence-corrected chi connectivity index (χ2v) is 22.9. The van der Waals surface area contributed by atoms with Crippen molar-refractivity contribution < 1.29 is 52.5 Å². The van der Waals surface area contributed by atoms with E-state index in [2.05, 4.69) is 36.6 Å². The lowest BCUT2D eigenvalue weighted by Gasteiger charge is -2.32. The molecule has 23 nitrogen and oxygen atoms in total. The van der Waals surface area contributed by atoms with Crippen LogP contribution in [0.1, 0.15) is 138 Å². The second kappa shape index (κ2) is 29.3. The van der Waals surface area contributed by atoms with E-state index in [1.807, 2.05) is 118 Å². The first-order valence-electron chi connectivity index (χ1n) is 27.4. The Morgan fingerprint density at radius 1 is 0.532 bits per heavy atom. The van der Waals surface area contributed by atoms with E-state index >= 15 is 0 Å². The van der Waals surface area contributed by atoms with Crippen LogP contribution in [-0.2, 0) is 60.2 Å². The van der Waals surface area contributed by atoms with E-state index in [1.54, 1.807) is 0 Å². The third kappa shape index (κ3) is 20.4. The minimum absolute atomic E-state index is 0.00245. The summed E-state index contributed by atoms with van der Waals surface area (Å²) in [6.07, 6.45) is 2.47. The highest BCUT2D eigenvalue weighted by Crippen LogP contribution is 2.37. The quantitative estimate of drug-likeness (QED) is 0.0209. The van der Waals surface area contributed by atoms with Gasteiger partial charge in [-0.05, 0) is 135 Å². The standard InChI is InChI=1S/C54H88B2N12O11/c1-33(2)30-41(47(74)66-40(17-15-29-64-50(60)61)46(73)65-39(16-14-28-63-49(58)59)45(72)62-27-13-11-12-18-43(69)70)68-48(75)42(32-35-21-25-37(26-22-35)56-78-53(7,8)54(9,10)79-56)67-44(71)38(57)31-34-19-23-36(24-20-34)55-76-51(3,4)52(5,6)77-55/h19-26,33,38-42H,11-18,27-32,57H2,1-10H3,(H,62,72)(H,65,73)(H,66,74)(H,67,71)(H,68,75)(H,69,70)(H4,58,59,63)(H4,60,61,64)/t38-,39-,40-,41-,42-/m0/s1. The number of nitrogens with two attached hydrogens (primary N) is 5. The van der Waals surface area contributed by atoms with Crippen LogP contribution >= 0.6 is 0 Å². The van der Waals surface area contributed by atoms with Crippen molar-refractivity contribution in [2.75, 3.05) is 19.6 Å². The molecule has 0 aromatic heterocycles. The van der Waals surface area contributed by atoms with Crippen molar-refractivity contribution in [1.82, 2.24) is 26.6 Å². The Balaban J connectivity index is 1.58. The molecular weight excluding hydrogens is 1010 g/mol. The number of unbranched alkanes of at least 4 members (excludes halogenated alkanes) is 2. The zero-order chi connectivity index (χ0) is 58.9. The molecule has 0 radical (unpaired) electrons. The molecule has 0 spiro atoms. The highest BCUT2D eigenvalue weighted by molar-refractivity contribution is 6.62. The van der Waals surface area contributed by atoms with Crippen LogP contribution in [0, 0.1) is 5.92 Å². The summed E-state index contributed by atoms with van der Waals surface area (Å²) < 4.78 is 24.9. The third-order valence-electron chi connectivity index (χ3n) is 14.7. The number of aliphatic carboxylic acids is 1. The number of carboxylic acid groups (broad SMARTS) is 1. The number of benzene rings is 2. The molecule has 0 aliphatic carbocycles. The number of guanidine groups is 2. The van der Waals surface area contributed by atoms with E-state index in [-0.39, 0.29) is 82.4 Å². The Labute approximate surface area is 466 Å². The lowest BCUT2D eigenvalue weighted by molar-refractivity contribution is -0.137. The molecule has 79 heavy (non-hydrogen) atoms.